The second-order valence-electron chi connectivity index (χ2n) is 6.49. The molecular weight excluding hydrogens is 330 g/mol. The number of nitrogens with zero attached hydrogens (tertiary/aromatic N) is 1. The molecule has 0 bridgehead atoms. The van der Waals surface area contributed by atoms with Gasteiger partial charge in [0.25, 0.3) is 0 Å². The zero-order valence-corrected chi connectivity index (χ0v) is 14.5. The van der Waals surface area contributed by atoms with Gasteiger partial charge in [0.05, 0.1) is 12.5 Å². The fourth-order valence-electron chi connectivity index (χ4n) is 3.25. The number of hydrogen-bond donors (Lipinski definition) is 4. The lowest BCUT2D eigenvalue weighted by Crippen LogP contribution is -2.45. The first-order valence-electron chi connectivity index (χ1n) is 8.57. The third-order valence-electron chi connectivity index (χ3n) is 4.93. The molecule has 2 aromatic rings. The fourth-order valence-corrected chi connectivity index (χ4v) is 3.25. The minimum Gasteiger partial charge on any atom is -0.497 e. The van der Waals surface area contributed by atoms with Crippen LogP contribution in [0.2, 0.25) is 0 Å². The van der Waals surface area contributed by atoms with E-state index in [1.54, 1.807) is 7.11 Å². The standard InChI is InChI=1S/C19H21N5O2/c1-26-15-9-7-14(8-10-15)19(11-12-19)18(25)20-16(17-21-23-24-22-17)13-5-3-2-4-6-13/h2-10,16,23-24H,11-12H2,1H3,(H,20,25)(H,21,22). The lowest BCUT2D eigenvalue weighted by molar-refractivity contribution is -0.123. The van der Waals surface area contributed by atoms with Crippen LogP contribution in [0.4, 0.5) is 0 Å². The van der Waals surface area contributed by atoms with Gasteiger partial charge in [-0.1, -0.05) is 42.5 Å². The Morgan fingerprint density at radius 1 is 1.15 bits per heavy atom. The summed E-state index contributed by atoms with van der Waals surface area (Å²) in [6.07, 6.45) is 1.67. The number of carbonyl (C=O) groups is 1. The van der Waals surface area contributed by atoms with Crippen LogP contribution >= 0.6 is 0 Å². The van der Waals surface area contributed by atoms with E-state index in [4.69, 9.17) is 4.74 Å². The molecule has 7 heteroatoms. The second-order valence-corrected chi connectivity index (χ2v) is 6.49. The zero-order chi connectivity index (χ0) is 18.0. The van der Waals surface area contributed by atoms with Crippen molar-refractivity contribution in [2.75, 3.05) is 7.11 Å². The molecule has 0 spiro atoms. The van der Waals surface area contributed by atoms with Crippen molar-refractivity contribution in [3.63, 3.8) is 0 Å². The van der Waals surface area contributed by atoms with Crippen molar-refractivity contribution in [2.45, 2.75) is 24.3 Å². The number of nitrogens with one attached hydrogen (secondary N) is 4. The molecule has 2 aromatic carbocycles. The van der Waals surface area contributed by atoms with Crippen LogP contribution in [0.5, 0.6) is 5.75 Å². The number of hydrazine groups is 2. The first-order valence-corrected chi connectivity index (χ1v) is 8.57. The summed E-state index contributed by atoms with van der Waals surface area (Å²) in [5, 5.41) is 7.34. The molecule has 0 aromatic heterocycles. The number of amides is 1. The lowest BCUT2D eigenvalue weighted by atomic mass is 9.94. The van der Waals surface area contributed by atoms with Gasteiger partial charge in [-0.15, -0.1) is 10.6 Å². The van der Waals surface area contributed by atoms with Gasteiger partial charge in [-0.2, -0.15) is 0 Å². The first kappa shape index (κ1) is 16.4. The van der Waals surface area contributed by atoms with Crippen LogP contribution < -0.4 is 26.5 Å². The Hall–Kier alpha value is -3.06. The van der Waals surface area contributed by atoms with Crippen LogP contribution in [0.3, 0.4) is 0 Å². The smallest absolute Gasteiger partial charge is 0.231 e. The molecule has 0 saturated heterocycles. The number of rotatable bonds is 6. The highest BCUT2D eigenvalue weighted by Gasteiger charge is 2.52. The summed E-state index contributed by atoms with van der Waals surface area (Å²) in [5.41, 5.74) is 9.83. The van der Waals surface area contributed by atoms with Crippen molar-refractivity contribution in [1.29, 1.82) is 0 Å². The average Bonchev–Trinajstić information content (AvgIpc) is 3.34. The van der Waals surface area contributed by atoms with E-state index in [1.807, 2.05) is 54.6 Å². The van der Waals surface area contributed by atoms with E-state index in [2.05, 4.69) is 26.9 Å². The summed E-state index contributed by atoms with van der Waals surface area (Å²) < 4.78 is 5.21. The zero-order valence-electron chi connectivity index (χ0n) is 14.5. The number of carbonyl (C=O) groups excluding carboxylic acids is 1. The summed E-state index contributed by atoms with van der Waals surface area (Å²) in [4.78, 5) is 13.2. The van der Waals surface area contributed by atoms with E-state index >= 15 is 0 Å². The molecule has 134 valence electrons. The number of methoxy groups -OCH3 is 1. The van der Waals surface area contributed by atoms with Gasteiger partial charge in [0.15, 0.2) is 5.84 Å². The normalized spacial score (nSPS) is 18.1. The van der Waals surface area contributed by atoms with Gasteiger partial charge in [0, 0.05) is 0 Å². The van der Waals surface area contributed by atoms with E-state index in [1.165, 1.54) is 0 Å². The minimum atomic E-state index is -0.473. The van der Waals surface area contributed by atoms with E-state index in [-0.39, 0.29) is 11.9 Å². The fraction of sp³-hybridized carbons (Fsp3) is 0.263. The van der Waals surface area contributed by atoms with Crippen LogP contribution in [0.25, 0.3) is 0 Å². The third-order valence-corrected chi connectivity index (χ3v) is 4.93. The molecule has 4 rings (SSSR count). The summed E-state index contributed by atoms with van der Waals surface area (Å²) in [7, 11) is 1.64. The van der Waals surface area contributed by atoms with Crippen LogP contribution in [-0.4, -0.2) is 18.9 Å². The number of ether oxygens (including phenoxy) is 1. The molecule has 0 radical (unpaired) electrons. The summed E-state index contributed by atoms with van der Waals surface area (Å²) >= 11 is 0. The number of hydrazone groups is 1. The van der Waals surface area contributed by atoms with E-state index in [9.17, 15) is 4.79 Å². The van der Waals surface area contributed by atoms with Crippen LogP contribution in [-0.2, 0) is 10.2 Å². The SMILES string of the molecule is COc1ccc(C2(C(=O)NC(C3=NNNN3)c3ccccc3)CC2)cc1. The molecule has 26 heavy (non-hydrogen) atoms. The monoisotopic (exact) mass is 351 g/mol. The Kier molecular flexibility index (Phi) is 4.22. The molecule has 1 aliphatic heterocycles. The quantitative estimate of drug-likeness (QED) is 0.634. The van der Waals surface area contributed by atoms with Gasteiger partial charge in [0.1, 0.15) is 11.8 Å². The van der Waals surface area contributed by atoms with E-state index in [0.29, 0.717) is 5.84 Å². The molecule has 1 aliphatic carbocycles. The van der Waals surface area contributed by atoms with Crippen molar-refractivity contribution in [1.82, 2.24) is 21.8 Å². The maximum absolute atomic E-state index is 13.2. The van der Waals surface area contributed by atoms with Gasteiger partial charge < -0.3 is 10.1 Å². The molecule has 1 amide bonds. The van der Waals surface area contributed by atoms with Crippen molar-refractivity contribution in [3.05, 3.63) is 65.7 Å². The van der Waals surface area contributed by atoms with Crippen molar-refractivity contribution in [2.24, 2.45) is 5.10 Å². The Bertz CT molecular complexity index is 816. The topological polar surface area (TPSA) is 86.8 Å². The van der Waals surface area contributed by atoms with Crippen molar-refractivity contribution >= 4 is 11.7 Å². The molecule has 2 aliphatic rings. The molecular formula is C19H21N5O2. The number of benzene rings is 2. The summed E-state index contributed by atoms with van der Waals surface area (Å²) in [6, 6.07) is 17.2. The van der Waals surface area contributed by atoms with Crippen LogP contribution in [0.15, 0.2) is 59.7 Å². The maximum atomic E-state index is 13.2. The number of amidine groups is 1. The Morgan fingerprint density at radius 2 is 1.88 bits per heavy atom. The predicted octanol–water partition coefficient (Wildman–Crippen LogP) is 1.51. The molecule has 1 fully saturated rings. The van der Waals surface area contributed by atoms with Crippen molar-refractivity contribution in [3.8, 4) is 5.75 Å². The number of hydrogen-bond acceptors (Lipinski definition) is 6. The van der Waals surface area contributed by atoms with Gasteiger partial charge in [-0.3, -0.25) is 10.2 Å². The van der Waals surface area contributed by atoms with Crippen molar-refractivity contribution < 1.29 is 9.53 Å². The van der Waals surface area contributed by atoms with E-state index in [0.717, 1.165) is 29.7 Å². The highest BCUT2D eigenvalue weighted by atomic mass is 16.5. The molecule has 7 nitrogen and oxygen atoms in total. The highest BCUT2D eigenvalue weighted by Crippen LogP contribution is 2.49. The Labute approximate surface area is 151 Å². The van der Waals surface area contributed by atoms with Gasteiger partial charge >= 0.3 is 0 Å². The van der Waals surface area contributed by atoms with E-state index < -0.39 is 5.41 Å². The largest absolute Gasteiger partial charge is 0.497 e. The Balaban J connectivity index is 1.58. The maximum Gasteiger partial charge on any atom is 0.231 e. The molecule has 1 unspecified atom stereocenters. The van der Waals surface area contributed by atoms with Crippen LogP contribution in [0.1, 0.15) is 30.0 Å². The van der Waals surface area contributed by atoms with Gasteiger partial charge in [-0.05, 0) is 36.1 Å². The summed E-state index contributed by atoms with van der Waals surface area (Å²) in [6.45, 7) is 0. The van der Waals surface area contributed by atoms with Crippen LogP contribution in [0, 0.1) is 0 Å². The minimum absolute atomic E-state index is 0.00733. The first-order chi connectivity index (χ1) is 12.7. The lowest BCUT2D eigenvalue weighted by Gasteiger charge is -2.23. The van der Waals surface area contributed by atoms with Gasteiger partial charge in [-0.25, -0.2) is 5.53 Å². The highest BCUT2D eigenvalue weighted by molar-refractivity contribution is 5.97. The Morgan fingerprint density at radius 3 is 2.46 bits per heavy atom. The molecule has 1 saturated carbocycles. The third kappa shape index (κ3) is 2.97. The summed E-state index contributed by atoms with van der Waals surface area (Å²) in [5.74, 6) is 1.41. The molecule has 1 atom stereocenters. The second kappa shape index (κ2) is 6.68. The van der Waals surface area contributed by atoms with Gasteiger partial charge in [0.2, 0.25) is 5.91 Å². The predicted molar refractivity (Wildman–Crippen MR) is 98.1 cm³/mol. The molecule has 1 heterocycles. The molecule has 4 N–H and O–H groups in total. The average molecular weight is 351 g/mol.